The highest BCUT2D eigenvalue weighted by Crippen LogP contribution is 2.30. The van der Waals surface area contributed by atoms with Crippen LogP contribution in [0.2, 0.25) is 0 Å². The molecular formula is C15H15N5O. The third-order valence-electron chi connectivity index (χ3n) is 3.89. The quantitative estimate of drug-likeness (QED) is 0.720. The van der Waals surface area contributed by atoms with Crippen molar-refractivity contribution < 1.29 is 4.79 Å². The SMILES string of the molecule is Cn1cc(-c2cc3c(N4CCCC4=O)ccnn3c2)cn1. The maximum absolute atomic E-state index is 12.0. The van der Waals surface area contributed by atoms with E-state index in [9.17, 15) is 4.79 Å². The van der Waals surface area contributed by atoms with Crippen LogP contribution in [0, 0.1) is 0 Å². The maximum atomic E-state index is 12.0. The van der Waals surface area contributed by atoms with E-state index in [1.54, 1.807) is 10.9 Å². The summed E-state index contributed by atoms with van der Waals surface area (Å²) >= 11 is 0. The van der Waals surface area contributed by atoms with Gasteiger partial charge in [0.15, 0.2) is 0 Å². The number of carbonyl (C=O) groups excluding carboxylic acids is 1. The van der Waals surface area contributed by atoms with E-state index in [-0.39, 0.29) is 5.91 Å². The van der Waals surface area contributed by atoms with Gasteiger partial charge in [0.25, 0.3) is 0 Å². The molecule has 4 rings (SSSR count). The summed E-state index contributed by atoms with van der Waals surface area (Å²) in [6, 6.07) is 3.97. The minimum atomic E-state index is 0.187. The molecule has 0 saturated carbocycles. The highest BCUT2D eigenvalue weighted by atomic mass is 16.2. The molecule has 1 aliphatic heterocycles. The Bertz CT molecular complexity index is 832. The van der Waals surface area contributed by atoms with Gasteiger partial charge in [0.05, 0.1) is 17.4 Å². The molecule has 0 spiro atoms. The molecule has 1 aliphatic rings. The van der Waals surface area contributed by atoms with Gasteiger partial charge in [-0.25, -0.2) is 4.52 Å². The molecule has 0 N–H and O–H groups in total. The van der Waals surface area contributed by atoms with E-state index in [1.807, 2.05) is 41.1 Å². The number of carbonyl (C=O) groups is 1. The zero-order valence-electron chi connectivity index (χ0n) is 11.7. The Morgan fingerprint density at radius 3 is 2.81 bits per heavy atom. The van der Waals surface area contributed by atoms with Crippen molar-refractivity contribution in [3.8, 4) is 11.1 Å². The Labute approximate surface area is 121 Å². The molecule has 1 fully saturated rings. The monoisotopic (exact) mass is 281 g/mol. The number of amides is 1. The van der Waals surface area contributed by atoms with E-state index in [2.05, 4.69) is 16.3 Å². The van der Waals surface area contributed by atoms with Crippen LogP contribution in [0.5, 0.6) is 0 Å². The Hall–Kier alpha value is -2.63. The highest BCUT2D eigenvalue weighted by Gasteiger charge is 2.24. The number of fused-ring (bicyclic) bond motifs is 1. The first-order chi connectivity index (χ1) is 10.2. The van der Waals surface area contributed by atoms with Crippen molar-refractivity contribution >= 4 is 17.1 Å². The van der Waals surface area contributed by atoms with Crippen LogP contribution in [0.1, 0.15) is 12.8 Å². The third-order valence-corrected chi connectivity index (χ3v) is 3.89. The van der Waals surface area contributed by atoms with Gasteiger partial charge in [-0.2, -0.15) is 10.2 Å². The van der Waals surface area contributed by atoms with Gasteiger partial charge >= 0.3 is 0 Å². The second-order valence-corrected chi connectivity index (χ2v) is 5.33. The molecule has 0 atom stereocenters. The summed E-state index contributed by atoms with van der Waals surface area (Å²) in [6.07, 6.45) is 9.05. The van der Waals surface area contributed by atoms with Crippen LogP contribution >= 0.6 is 0 Å². The number of aryl methyl sites for hydroxylation is 1. The van der Waals surface area contributed by atoms with Gasteiger partial charge in [-0.15, -0.1) is 0 Å². The maximum Gasteiger partial charge on any atom is 0.227 e. The van der Waals surface area contributed by atoms with Gasteiger partial charge in [0.2, 0.25) is 5.91 Å². The Balaban J connectivity index is 1.86. The van der Waals surface area contributed by atoms with E-state index in [0.29, 0.717) is 6.42 Å². The number of rotatable bonds is 2. The molecular weight excluding hydrogens is 266 g/mol. The second-order valence-electron chi connectivity index (χ2n) is 5.33. The molecule has 3 aromatic rings. The van der Waals surface area contributed by atoms with Crippen LogP contribution in [0.4, 0.5) is 5.69 Å². The predicted molar refractivity (Wildman–Crippen MR) is 79.0 cm³/mol. The molecule has 21 heavy (non-hydrogen) atoms. The van der Waals surface area contributed by atoms with Crippen molar-refractivity contribution in [3.05, 3.63) is 36.9 Å². The fraction of sp³-hybridized carbons (Fsp3) is 0.267. The van der Waals surface area contributed by atoms with E-state index < -0.39 is 0 Å². The molecule has 0 unspecified atom stereocenters. The van der Waals surface area contributed by atoms with E-state index in [1.165, 1.54) is 0 Å². The molecule has 106 valence electrons. The van der Waals surface area contributed by atoms with Crippen molar-refractivity contribution in [2.45, 2.75) is 12.8 Å². The van der Waals surface area contributed by atoms with Crippen molar-refractivity contribution in [2.24, 2.45) is 7.05 Å². The van der Waals surface area contributed by atoms with Gasteiger partial charge in [-0.3, -0.25) is 9.48 Å². The predicted octanol–water partition coefficient (Wildman–Crippen LogP) is 1.86. The van der Waals surface area contributed by atoms with Crippen LogP contribution in [-0.4, -0.2) is 31.8 Å². The molecule has 4 heterocycles. The topological polar surface area (TPSA) is 55.4 Å². The normalized spacial score (nSPS) is 15.3. The summed E-state index contributed by atoms with van der Waals surface area (Å²) in [4.78, 5) is 13.8. The lowest BCUT2D eigenvalue weighted by atomic mass is 10.2. The van der Waals surface area contributed by atoms with Crippen LogP contribution in [0.3, 0.4) is 0 Å². The van der Waals surface area contributed by atoms with Crippen LogP contribution in [-0.2, 0) is 11.8 Å². The molecule has 6 heteroatoms. The third kappa shape index (κ3) is 1.91. The number of anilines is 1. The van der Waals surface area contributed by atoms with Gasteiger partial charge in [-0.05, 0) is 18.6 Å². The Kier molecular flexibility index (Phi) is 2.57. The summed E-state index contributed by atoms with van der Waals surface area (Å²) in [6.45, 7) is 0.784. The molecule has 3 aromatic heterocycles. The fourth-order valence-electron chi connectivity index (χ4n) is 2.86. The van der Waals surface area contributed by atoms with Crippen LogP contribution < -0.4 is 4.90 Å². The molecule has 0 aliphatic carbocycles. The van der Waals surface area contributed by atoms with E-state index in [4.69, 9.17) is 0 Å². The van der Waals surface area contributed by atoms with Gasteiger partial charge in [0.1, 0.15) is 0 Å². The minimum Gasteiger partial charge on any atom is -0.310 e. The molecule has 1 amide bonds. The first kappa shape index (κ1) is 12.1. The van der Waals surface area contributed by atoms with Crippen molar-refractivity contribution in [2.75, 3.05) is 11.4 Å². The van der Waals surface area contributed by atoms with Gasteiger partial charge in [-0.1, -0.05) is 0 Å². The fourth-order valence-corrected chi connectivity index (χ4v) is 2.86. The summed E-state index contributed by atoms with van der Waals surface area (Å²) in [5.41, 5.74) is 3.98. The lowest BCUT2D eigenvalue weighted by molar-refractivity contribution is -0.117. The lowest BCUT2D eigenvalue weighted by Crippen LogP contribution is -2.24. The second kappa shape index (κ2) is 4.44. The molecule has 0 radical (unpaired) electrons. The zero-order chi connectivity index (χ0) is 14.4. The number of hydrogen-bond donors (Lipinski definition) is 0. The lowest BCUT2D eigenvalue weighted by Gasteiger charge is -2.16. The van der Waals surface area contributed by atoms with Crippen LogP contribution in [0.15, 0.2) is 36.9 Å². The van der Waals surface area contributed by atoms with Crippen molar-refractivity contribution in [3.63, 3.8) is 0 Å². The van der Waals surface area contributed by atoms with Gasteiger partial charge in [0, 0.05) is 49.7 Å². The number of nitrogens with zero attached hydrogens (tertiary/aromatic N) is 5. The summed E-state index contributed by atoms with van der Waals surface area (Å²) in [7, 11) is 1.89. The Morgan fingerprint density at radius 2 is 2.10 bits per heavy atom. The van der Waals surface area contributed by atoms with Crippen molar-refractivity contribution in [1.29, 1.82) is 0 Å². The largest absolute Gasteiger partial charge is 0.310 e. The first-order valence-electron chi connectivity index (χ1n) is 6.99. The summed E-state index contributed by atoms with van der Waals surface area (Å²) in [5.74, 6) is 0.187. The standard InChI is InChI=1S/C15H15N5O/c1-18-9-12(8-17-18)11-7-14-13(4-5-16-20(14)10-11)19-6-2-3-15(19)21/h4-5,7-10H,2-3,6H2,1H3. The summed E-state index contributed by atoms with van der Waals surface area (Å²) < 4.78 is 3.60. The van der Waals surface area contributed by atoms with Gasteiger partial charge < -0.3 is 4.90 Å². The number of aromatic nitrogens is 4. The Morgan fingerprint density at radius 1 is 1.19 bits per heavy atom. The average molecular weight is 281 g/mol. The number of hydrogen-bond acceptors (Lipinski definition) is 3. The average Bonchev–Trinajstić information content (AvgIpc) is 3.16. The minimum absolute atomic E-state index is 0.187. The molecule has 0 aromatic carbocycles. The highest BCUT2D eigenvalue weighted by molar-refractivity contribution is 5.99. The summed E-state index contributed by atoms with van der Waals surface area (Å²) in [5, 5.41) is 8.54. The zero-order valence-corrected chi connectivity index (χ0v) is 11.7. The van der Waals surface area contributed by atoms with Crippen molar-refractivity contribution in [1.82, 2.24) is 19.4 Å². The van der Waals surface area contributed by atoms with E-state index >= 15 is 0 Å². The smallest absolute Gasteiger partial charge is 0.227 e. The first-order valence-corrected chi connectivity index (χ1v) is 6.99. The molecule has 6 nitrogen and oxygen atoms in total. The molecule has 1 saturated heterocycles. The van der Waals surface area contributed by atoms with E-state index in [0.717, 1.165) is 35.3 Å². The van der Waals surface area contributed by atoms with Crippen LogP contribution in [0.25, 0.3) is 16.6 Å². The molecule has 0 bridgehead atoms.